The van der Waals surface area contributed by atoms with Crippen molar-refractivity contribution in [2.24, 2.45) is 0 Å². The molecule has 3 nitrogen and oxygen atoms in total. The van der Waals surface area contributed by atoms with Crippen LogP contribution in [-0.4, -0.2) is 24.8 Å². The van der Waals surface area contributed by atoms with Crippen LogP contribution in [0.5, 0.6) is 0 Å². The van der Waals surface area contributed by atoms with E-state index in [0.29, 0.717) is 5.56 Å². The molecule has 2 aromatic rings. The van der Waals surface area contributed by atoms with E-state index in [1.807, 2.05) is 55.5 Å². The summed E-state index contributed by atoms with van der Waals surface area (Å²) in [6.07, 6.45) is 0. The Morgan fingerprint density at radius 2 is 1.90 bits per heavy atom. The molecule has 0 bridgehead atoms. The van der Waals surface area contributed by atoms with Gasteiger partial charge >= 0.3 is 5.97 Å². The lowest BCUT2D eigenvalue weighted by molar-refractivity contribution is 0.0594. The molecule has 4 heteroatoms. The van der Waals surface area contributed by atoms with Crippen molar-refractivity contribution in [1.29, 1.82) is 0 Å². The van der Waals surface area contributed by atoms with Gasteiger partial charge in [-0.25, -0.2) is 4.79 Å². The molecule has 1 unspecified atom stereocenters. The molecule has 0 radical (unpaired) electrons. The summed E-state index contributed by atoms with van der Waals surface area (Å²) in [5.41, 5.74) is 1.35. The Balaban J connectivity index is 2.47. The van der Waals surface area contributed by atoms with Gasteiger partial charge in [-0.1, -0.05) is 49.0 Å². The van der Waals surface area contributed by atoms with E-state index < -0.39 is 0 Å². The molecule has 0 saturated heterocycles. The maximum absolute atomic E-state index is 12.1. The monoisotopic (exact) mass is 302 g/mol. The van der Waals surface area contributed by atoms with Gasteiger partial charge < -0.3 is 9.84 Å². The quantitative estimate of drug-likeness (QED) is 0.855. The maximum Gasteiger partial charge on any atom is 0.339 e. The molecule has 0 aromatic heterocycles. The third-order valence-electron chi connectivity index (χ3n) is 3.22. The molecule has 2 aromatic carbocycles. The first-order valence-electron chi connectivity index (χ1n) is 6.72. The van der Waals surface area contributed by atoms with Gasteiger partial charge in [-0.3, -0.25) is 0 Å². The summed E-state index contributed by atoms with van der Waals surface area (Å²) in [7, 11) is 1.37. The Bertz CT molecular complexity index is 611. The smallest absolute Gasteiger partial charge is 0.339 e. The van der Waals surface area contributed by atoms with Crippen molar-refractivity contribution in [2.45, 2.75) is 22.6 Å². The minimum atomic E-state index is -0.371. The molecule has 0 spiro atoms. The molecule has 0 aliphatic rings. The van der Waals surface area contributed by atoms with Crippen LogP contribution in [0.4, 0.5) is 0 Å². The lowest BCUT2D eigenvalue weighted by Crippen LogP contribution is -2.11. The summed E-state index contributed by atoms with van der Waals surface area (Å²) in [6, 6.07) is 15.5. The first kappa shape index (κ1) is 15.6. The molecule has 0 amide bonds. The van der Waals surface area contributed by atoms with Crippen LogP contribution in [0.1, 0.15) is 28.8 Å². The number of aliphatic hydroxyl groups excluding tert-OH is 1. The van der Waals surface area contributed by atoms with E-state index in [1.165, 1.54) is 18.9 Å². The van der Waals surface area contributed by atoms with Gasteiger partial charge in [0.1, 0.15) is 0 Å². The van der Waals surface area contributed by atoms with E-state index in [1.54, 1.807) is 0 Å². The Kier molecular flexibility index (Phi) is 5.42. The van der Waals surface area contributed by atoms with Crippen molar-refractivity contribution in [2.75, 3.05) is 13.7 Å². The SMILES string of the molecule is COC(=O)c1c(Sc2ccccc2)cccc1C(C)CO. The molecule has 0 aliphatic heterocycles. The molecule has 0 fully saturated rings. The highest BCUT2D eigenvalue weighted by molar-refractivity contribution is 7.99. The zero-order valence-electron chi connectivity index (χ0n) is 12.1. The van der Waals surface area contributed by atoms with Crippen molar-refractivity contribution >= 4 is 17.7 Å². The van der Waals surface area contributed by atoms with Crippen molar-refractivity contribution < 1.29 is 14.6 Å². The highest BCUT2D eigenvalue weighted by atomic mass is 32.2. The normalized spacial score (nSPS) is 12.0. The molecule has 2 rings (SSSR count). The maximum atomic E-state index is 12.1. The molecule has 1 atom stereocenters. The first-order valence-corrected chi connectivity index (χ1v) is 7.54. The number of methoxy groups -OCH3 is 1. The van der Waals surface area contributed by atoms with E-state index in [2.05, 4.69) is 0 Å². The van der Waals surface area contributed by atoms with E-state index in [-0.39, 0.29) is 18.5 Å². The van der Waals surface area contributed by atoms with Crippen molar-refractivity contribution in [1.82, 2.24) is 0 Å². The summed E-state index contributed by atoms with van der Waals surface area (Å²) in [5, 5.41) is 9.39. The lowest BCUT2D eigenvalue weighted by Gasteiger charge is -2.16. The van der Waals surface area contributed by atoms with Crippen LogP contribution < -0.4 is 0 Å². The predicted molar refractivity (Wildman–Crippen MR) is 83.8 cm³/mol. The number of esters is 1. The van der Waals surface area contributed by atoms with Crippen LogP contribution in [-0.2, 0) is 4.74 Å². The minimum Gasteiger partial charge on any atom is -0.465 e. The number of rotatable bonds is 5. The number of carbonyl (C=O) groups is 1. The largest absolute Gasteiger partial charge is 0.465 e. The molecular weight excluding hydrogens is 284 g/mol. The van der Waals surface area contributed by atoms with Crippen LogP contribution in [0.2, 0.25) is 0 Å². The summed E-state index contributed by atoms with van der Waals surface area (Å²) in [6.45, 7) is 1.88. The fourth-order valence-corrected chi connectivity index (χ4v) is 3.08. The highest BCUT2D eigenvalue weighted by Gasteiger charge is 2.20. The summed E-state index contributed by atoms with van der Waals surface area (Å²) < 4.78 is 4.92. The predicted octanol–water partition coefficient (Wildman–Crippen LogP) is 3.72. The third kappa shape index (κ3) is 3.65. The standard InChI is InChI=1S/C17H18O3S/c1-12(11-18)14-9-6-10-15(16(14)17(19)20-2)21-13-7-4-3-5-8-13/h3-10,12,18H,11H2,1-2H3. The van der Waals surface area contributed by atoms with Gasteiger partial charge in [-0.05, 0) is 23.8 Å². The average molecular weight is 302 g/mol. The van der Waals surface area contributed by atoms with Crippen LogP contribution in [0.15, 0.2) is 58.3 Å². The first-order chi connectivity index (χ1) is 10.2. The molecule has 0 heterocycles. The van der Waals surface area contributed by atoms with E-state index >= 15 is 0 Å². The van der Waals surface area contributed by atoms with Crippen LogP contribution in [0.25, 0.3) is 0 Å². The number of hydrogen-bond donors (Lipinski definition) is 1. The molecule has 21 heavy (non-hydrogen) atoms. The third-order valence-corrected chi connectivity index (χ3v) is 4.29. The van der Waals surface area contributed by atoms with Gasteiger partial charge in [0.25, 0.3) is 0 Å². The average Bonchev–Trinajstić information content (AvgIpc) is 2.54. The Morgan fingerprint density at radius 1 is 1.19 bits per heavy atom. The minimum absolute atomic E-state index is 0.0105. The van der Waals surface area contributed by atoms with Crippen molar-refractivity contribution in [3.05, 3.63) is 59.7 Å². The van der Waals surface area contributed by atoms with Crippen molar-refractivity contribution in [3.63, 3.8) is 0 Å². The van der Waals surface area contributed by atoms with Crippen molar-refractivity contribution in [3.8, 4) is 0 Å². The van der Waals surface area contributed by atoms with Crippen LogP contribution in [0, 0.1) is 0 Å². The molecular formula is C17H18O3S. The molecule has 110 valence electrons. The van der Waals surface area contributed by atoms with E-state index in [0.717, 1.165) is 15.4 Å². The fraction of sp³-hybridized carbons (Fsp3) is 0.235. The highest BCUT2D eigenvalue weighted by Crippen LogP contribution is 2.34. The lowest BCUT2D eigenvalue weighted by atomic mass is 9.96. The summed E-state index contributed by atoms with van der Waals surface area (Å²) in [4.78, 5) is 14.0. The van der Waals surface area contributed by atoms with Gasteiger partial charge in [0.2, 0.25) is 0 Å². The number of carbonyl (C=O) groups excluding carboxylic acids is 1. The topological polar surface area (TPSA) is 46.5 Å². The molecule has 1 N–H and O–H groups in total. The number of ether oxygens (including phenoxy) is 1. The van der Waals surface area contributed by atoms with E-state index in [9.17, 15) is 9.90 Å². The number of aliphatic hydroxyl groups is 1. The zero-order chi connectivity index (χ0) is 15.2. The fourth-order valence-electron chi connectivity index (χ4n) is 2.08. The van der Waals surface area contributed by atoms with Gasteiger partial charge in [-0.2, -0.15) is 0 Å². The Hall–Kier alpha value is -1.78. The number of hydrogen-bond acceptors (Lipinski definition) is 4. The molecule has 0 saturated carbocycles. The zero-order valence-corrected chi connectivity index (χ0v) is 12.9. The Morgan fingerprint density at radius 3 is 2.52 bits per heavy atom. The van der Waals surface area contributed by atoms with Gasteiger partial charge in [0.05, 0.1) is 12.7 Å². The van der Waals surface area contributed by atoms with E-state index in [4.69, 9.17) is 4.74 Å². The summed E-state index contributed by atoms with van der Waals surface area (Å²) >= 11 is 1.52. The second kappa shape index (κ2) is 7.29. The van der Waals surface area contributed by atoms with Gasteiger partial charge in [0.15, 0.2) is 0 Å². The molecule has 0 aliphatic carbocycles. The second-order valence-electron chi connectivity index (χ2n) is 4.71. The van der Waals surface area contributed by atoms with Crippen LogP contribution in [0.3, 0.4) is 0 Å². The second-order valence-corrected chi connectivity index (χ2v) is 5.83. The van der Waals surface area contributed by atoms with Crippen LogP contribution >= 0.6 is 11.8 Å². The Labute approximate surface area is 129 Å². The van der Waals surface area contributed by atoms with Gasteiger partial charge in [0, 0.05) is 22.3 Å². The van der Waals surface area contributed by atoms with Gasteiger partial charge in [-0.15, -0.1) is 0 Å². The number of benzene rings is 2. The summed E-state index contributed by atoms with van der Waals surface area (Å²) in [5.74, 6) is -0.486.